The van der Waals surface area contributed by atoms with Gasteiger partial charge in [0, 0.05) is 12.1 Å². The molecule has 3 heteroatoms. The Morgan fingerprint density at radius 1 is 1.06 bits per heavy atom. The van der Waals surface area contributed by atoms with E-state index in [0.717, 1.165) is 6.42 Å². The van der Waals surface area contributed by atoms with Crippen molar-refractivity contribution in [3.05, 3.63) is 0 Å². The molecule has 2 N–H and O–H groups in total. The normalized spacial score (nSPS) is 14.7. The highest BCUT2D eigenvalue weighted by Crippen LogP contribution is 2.07. The number of unbranched alkanes of at least 4 members (excludes halogenated alkanes) is 1. The largest absolute Gasteiger partial charge is 0.353 e. The Bertz CT molecular complexity index is 204. The molecule has 2 unspecified atom stereocenters. The average molecular weight is 242 g/mol. The van der Waals surface area contributed by atoms with E-state index in [4.69, 9.17) is 0 Å². The Morgan fingerprint density at radius 2 is 1.71 bits per heavy atom. The van der Waals surface area contributed by atoms with Crippen LogP contribution in [-0.2, 0) is 4.79 Å². The van der Waals surface area contributed by atoms with Crippen molar-refractivity contribution in [1.29, 1.82) is 0 Å². The van der Waals surface area contributed by atoms with Crippen LogP contribution < -0.4 is 10.6 Å². The first-order valence-corrected chi connectivity index (χ1v) is 7.07. The molecule has 0 fully saturated rings. The monoisotopic (exact) mass is 242 g/mol. The van der Waals surface area contributed by atoms with Crippen LogP contribution in [0.1, 0.15) is 66.7 Å². The molecule has 0 saturated heterocycles. The molecule has 0 bridgehead atoms. The van der Waals surface area contributed by atoms with Crippen LogP contribution in [0.3, 0.4) is 0 Å². The first-order chi connectivity index (χ1) is 8.01. The van der Waals surface area contributed by atoms with E-state index in [1.807, 2.05) is 20.8 Å². The summed E-state index contributed by atoms with van der Waals surface area (Å²) in [6, 6.07) is 0.602. The number of carbonyl (C=O) groups excluding carboxylic acids is 1. The van der Waals surface area contributed by atoms with Gasteiger partial charge in [0.25, 0.3) is 0 Å². The Morgan fingerprint density at radius 3 is 2.18 bits per heavy atom. The second-order valence-electron chi connectivity index (χ2n) is 5.18. The third-order valence-corrected chi connectivity index (χ3v) is 2.85. The molecule has 1 amide bonds. The number of amides is 1. The summed E-state index contributed by atoms with van der Waals surface area (Å²) < 4.78 is 0. The van der Waals surface area contributed by atoms with E-state index in [-0.39, 0.29) is 18.0 Å². The molecule has 0 rings (SSSR count). The molecule has 102 valence electrons. The molecular formula is C14H30N2O. The predicted octanol–water partition coefficient (Wildman–Crippen LogP) is 2.85. The van der Waals surface area contributed by atoms with E-state index in [9.17, 15) is 4.79 Å². The lowest BCUT2D eigenvalue weighted by molar-refractivity contribution is -0.123. The molecule has 0 aliphatic carbocycles. The zero-order valence-corrected chi connectivity index (χ0v) is 12.2. The smallest absolute Gasteiger partial charge is 0.237 e. The summed E-state index contributed by atoms with van der Waals surface area (Å²) >= 11 is 0. The standard InChI is InChI=1S/C14H30N2O/c1-6-8-10-13(9-7-2)16-12(5)14(17)15-11(3)4/h11-13,16H,6-10H2,1-5H3,(H,15,17). The van der Waals surface area contributed by atoms with Gasteiger partial charge in [-0.1, -0.05) is 33.1 Å². The van der Waals surface area contributed by atoms with Crippen LogP contribution in [0.15, 0.2) is 0 Å². The summed E-state index contributed by atoms with van der Waals surface area (Å²) in [7, 11) is 0. The van der Waals surface area contributed by atoms with E-state index in [1.54, 1.807) is 0 Å². The fraction of sp³-hybridized carbons (Fsp3) is 0.929. The van der Waals surface area contributed by atoms with Crippen molar-refractivity contribution in [3.63, 3.8) is 0 Å². The van der Waals surface area contributed by atoms with Crippen molar-refractivity contribution in [2.75, 3.05) is 0 Å². The van der Waals surface area contributed by atoms with Gasteiger partial charge in [0.2, 0.25) is 5.91 Å². The number of hydrogen-bond donors (Lipinski definition) is 2. The second kappa shape index (κ2) is 9.46. The van der Waals surface area contributed by atoms with E-state index in [0.29, 0.717) is 6.04 Å². The molecule has 0 radical (unpaired) electrons. The lowest BCUT2D eigenvalue weighted by atomic mass is 10.0. The van der Waals surface area contributed by atoms with Gasteiger partial charge in [-0.25, -0.2) is 0 Å². The molecule has 17 heavy (non-hydrogen) atoms. The maximum Gasteiger partial charge on any atom is 0.237 e. The topological polar surface area (TPSA) is 41.1 Å². The van der Waals surface area contributed by atoms with Crippen molar-refractivity contribution in [1.82, 2.24) is 10.6 Å². The zero-order chi connectivity index (χ0) is 13.3. The molecule has 0 spiro atoms. The molecule has 3 nitrogen and oxygen atoms in total. The minimum atomic E-state index is -0.0918. The number of carbonyl (C=O) groups is 1. The van der Waals surface area contributed by atoms with Gasteiger partial charge in [-0.15, -0.1) is 0 Å². The highest BCUT2D eigenvalue weighted by atomic mass is 16.2. The molecular weight excluding hydrogens is 212 g/mol. The van der Waals surface area contributed by atoms with Crippen LogP contribution in [0.5, 0.6) is 0 Å². The Kier molecular flexibility index (Phi) is 9.14. The summed E-state index contributed by atoms with van der Waals surface area (Å²) in [5.41, 5.74) is 0. The SMILES string of the molecule is CCCCC(CCC)NC(C)C(=O)NC(C)C. The van der Waals surface area contributed by atoms with Crippen molar-refractivity contribution in [2.45, 2.75) is 84.8 Å². The third kappa shape index (κ3) is 8.19. The Labute approximate surface area is 107 Å². The van der Waals surface area contributed by atoms with Gasteiger partial charge in [0.05, 0.1) is 6.04 Å². The van der Waals surface area contributed by atoms with Crippen molar-refractivity contribution >= 4 is 5.91 Å². The first-order valence-electron chi connectivity index (χ1n) is 7.07. The molecule has 0 aromatic rings. The summed E-state index contributed by atoms with van der Waals surface area (Å²) in [4.78, 5) is 11.8. The molecule has 0 aliphatic rings. The van der Waals surface area contributed by atoms with Gasteiger partial charge < -0.3 is 10.6 Å². The van der Waals surface area contributed by atoms with E-state index in [1.165, 1.54) is 25.7 Å². The zero-order valence-electron chi connectivity index (χ0n) is 12.2. The number of nitrogens with one attached hydrogen (secondary N) is 2. The lowest BCUT2D eigenvalue weighted by Gasteiger charge is -2.23. The molecule has 0 heterocycles. The maximum atomic E-state index is 11.8. The maximum absolute atomic E-state index is 11.8. The second-order valence-corrected chi connectivity index (χ2v) is 5.18. The minimum Gasteiger partial charge on any atom is -0.353 e. The fourth-order valence-corrected chi connectivity index (χ4v) is 1.95. The molecule has 0 aliphatic heterocycles. The predicted molar refractivity (Wildman–Crippen MR) is 74.1 cm³/mol. The van der Waals surface area contributed by atoms with Crippen LogP contribution >= 0.6 is 0 Å². The summed E-state index contributed by atoms with van der Waals surface area (Å²) in [6.07, 6.45) is 5.94. The number of hydrogen-bond acceptors (Lipinski definition) is 2. The van der Waals surface area contributed by atoms with Crippen LogP contribution in [-0.4, -0.2) is 24.0 Å². The molecule has 0 saturated carbocycles. The van der Waals surface area contributed by atoms with Gasteiger partial charge in [-0.05, 0) is 33.6 Å². The highest BCUT2D eigenvalue weighted by molar-refractivity contribution is 5.81. The lowest BCUT2D eigenvalue weighted by Crippen LogP contribution is -2.48. The van der Waals surface area contributed by atoms with Crippen molar-refractivity contribution < 1.29 is 4.79 Å². The summed E-state index contributed by atoms with van der Waals surface area (Å²) in [5, 5.41) is 6.39. The van der Waals surface area contributed by atoms with Gasteiger partial charge in [-0.2, -0.15) is 0 Å². The van der Waals surface area contributed by atoms with E-state index in [2.05, 4.69) is 24.5 Å². The summed E-state index contributed by atoms with van der Waals surface area (Å²) in [5.74, 6) is 0.109. The molecule has 0 aromatic heterocycles. The average Bonchev–Trinajstić information content (AvgIpc) is 2.25. The first kappa shape index (κ1) is 16.4. The van der Waals surface area contributed by atoms with Gasteiger partial charge in [0.1, 0.15) is 0 Å². The van der Waals surface area contributed by atoms with Gasteiger partial charge in [0.15, 0.2) is 0 Å². The molecule has 0 aromatic carbocycles. The minimum absolute atomic E-state index is 0.0918. The van der Waals surface area contributed by atoms with Crippen molar-refractivity contribution in [3.8, 4) is 0 Å². The summed E-state index contributed by atoms with van der Waals surface area (Å²) in [6.45, 7) is 10.3. The fourth-order valence-electron chi connectivity index (χ4n) is 1.95. The van der Waals surface area contributed by atoms with Crippen molar-refractivity contribution in [2.24, 2.45) is 0 Å². The van der Waals surface area contributed by atoms with Gasteiger partial charge in [-0.3, -0.25) is 4.79 Å². The van der Waals surface area contributed by atoms with Crippen LogP contribution in [0.2, 0.25) is 0 Å². The quantitative estimate of drug-likeness (QED) is 0.653. The Balaban J connectivity index is 4.08. The number of rotatable bonds is 9. The van der Waals surface area contributed by atoms with Crippen LogP contribution in [0, 0.1) is 0 Å². The highest BCUT2D eigenvalue weighted by Gasteiger charge is 2.17. The van der Waals surface area contributed by atoms with Crippen LogP contribution in [0.25, 0.3) is 0 Å². The third-order valence-electron chi connectivity index (χ3n) is 2.85. The van der Waals surface area contributed by atoms with Crippen LogP contribution in [0.4, 0.5) is 0 Å². The Hall–Kier alpha value is -0.570. The van der Waals surface area contributed by atoms with Gasteiger partial charge >= 0.3 is 0 Å². The van der Waals surface area contributed by atoms with E-state index >= 15 is 0 Å². The molecule has 2 atom stereocenters. The van der Waals surface area contributed by atoms with E-state index < -0.39 is 0 Å².